The molecule has 5 rings (SSSR count). The molecule has 0 aliphatic heterocycles. The number of hydrogen-bond acceptors (Lipinski definition) is 4. The Kier molecular flexibility index (Phi) is 5.50. The molecule has 0 fully saturated rings. The Morgan fingerprint density at radius 2 is 1.70 bits per heavy atom. The fourth-order valence-corrected chi connectivity index (χ4v) is 3.77. The molecule has 7 heteroatoms. The van der Waals surface area contributed by atoms with Crippen LogP contribution in [0.2, 0.25) is 5.02 Å². The van der Waals surface area contributed by atoms with Gasteiger partial charge in [0.15, 0.2) is 5.82 Å². The smallest absolute Gasteiger partial charge is 0.295 e. The molecular weight excluding hydrogens is 436 g/mol. The number of carbonyl (C=O) groups excluding carboxylic acids is 1. The van der Waals surface area contributed by atoms with E-state index in [1.54, 1.807) is 23.9 Å². The molecule has 0 aliphatic rings. The molecule has 1 heterocycles. The fraction of sp³-hybridized carbons (Fsp3) is 0.0385. The Labute approximate surface area is 195 Å². The summed E-state index contributed by atoms with van der Waals surface area (Å²) >= 11 is 6.20. The van der Waals surface area contributed by atoms with Gasteiger partial charge in [0.1, 0.15) is 5.75 Å². The second kappa shape index (κ2) is 8.76. The number of amides is 1. The van der Waals surface area contributed by atoms with Crippen LogP contribution in [0.1, 0.15) is 10.6 Å². The summed E-state index contributed by atoms with van der Waals surface area (Å²) in [6.45, 7) is 0. The average Bonchev–Trinajstić information content (AvgIpc) is 3.30. The van der Waals surface area contributed by atoms with E-state index in [-0.39, 0.29) is 5.82 Å². The molecular formula is C26H19ClN4O2. The van der Waals surface area contributed by atoms with Gasteiger partial charge in [-0.05, 0) is 59.3 Å². The van der Waals surface area contributed by atoms with Crippen molar-refractivity contribution in [2.75, 3.05) is 12.4 Å². The molecule has 0 atom stereocenters. The van der Waals surface area contributed by atoms with Crippen molar-refractivity contribution in [2.45, 2.75) is 0 Å². The number of methoxy groups -OCH3 is 1. The number of rotatable bonds is 5. The van der Waals surface area contributed by atoms with Crippen LogP contribution in [0.3, 0.4) is 0 Å². The van der Waals surface area contributed by atoms with Crippen LogP contribution in [0, 0.1) is 0 Å². The highest BCUT2D eigenvalue weighted by Gasteiger charge is 2.19. The minimum absolute atomic E-state index is 0.0500. The Balaban J connectivity index is 1.53. The predicted octanol–water partition coefficient (Wildman–Crippen LogP) is 6.00. The van der Waals surface area contributed by atoms with E-state index in [4.69, 9.17) is 16.3 Å². The van der Waals surface area contributed by atoms with Gasteiger partial charge in [-0.25, -0.2) is 9.67 Å². The van der Waals surface area contributed by atoms with Crippen LogP contribution in [0.5, 0.6) is 5.75 Å². The van der Waals surface area contributed by atoms with Crippen molar-refractivity contribution in [2.24, 2.45) is 0 Å². The number of aromatic nitrogens is 3. The Morgan fingerprint density at radius 1 is 0.909 bits per heavy atom. The zero-order valence-corrected chi connectivity index (χ0v) is 18.5. The quantitative estimate of drug-likeness (QED) is 0.353. The van der Waals surface area contributed by atoms with Crippen LogP contribution in [-0.4, -0.2) is 27.8 Å². The first kappa shape index (κ1) is 20.7. The van der Waals surface area contributed by atoms with Crippen LogP contribution in [-0.2, 0) is 0 Å². The molecule has 33 heavy (non-hydrogen) atoms. The Bertz CT molecular complexity index is 1460. The van der Waals surface area contributed by atoms with Crippen molar-refractivity contribution in [1.29, 1.82) is 0 Å². The largest absolute Gasteiger partial charge is 0.497 e. The summed E-state index contributed by atoms with van der Waals surface area (Å²) in [5, 5.41) is 10.1. The van der Waals surface area contributed by atoms with E-state index in [9.17, 15) is 4.79 Å². The number of halogens is 1. The molecule has 0 aliphatic carbocycles. The van der Waals surface area contributed by atoms with Gasteiger partial charge in [0, 0.05) is 16.3 Å². The van der Waals surface area contributed by atoms with Crippen molar-refractivity contribution in [1.82, 2.24) is 14.8 Å². The van der Waals surface area contributed by atoms with Gasteiger partial charge in [-0.1, -0.05) is 54.1 Å². The fourth-order valence-electron chi connectivity index (χ4n) is 3.58. The van der Waals surface area contributed by atoms with Crippen molar-refractivity contribution >= 4 is 34.0 Å². The van der Waals surface area contributed by atoms with Crippen molar-refractivity contribution in [3.05, 3.63) is 102 Å². The first-order valence-electron chi connectivity index (χ1n) is 10.3. The molecule has 1 amide bonds. The summed E-state index contributed by atoms with van der Waals surface area (Å²) in [7, 11) is 1.61. The number of fused-ring (bicyclic) bond motifs is 1. The molecule has 1 N–H and O–H groups in total. The lowest BCUT2D eigenvalue weighted by Gasteiger charge is -2.07. The lowest BCUT2D eigenvalue weighted by Crippen LogP contribution is -2.14. The third kappa shape index (κ3) is 4.29. The number of nitrogens with one attached hydrogen (secondary N) is 1. The zero-order chi connectivity index (χ0) is 22.8. The van der Waals surface area contributed by atoms with E-state index >= 15 is 0 Å². The highest BCUT2D eigenvalue weighted by Crippen LogP contribution is 2.26. The Hall–Kier alpha value is -4.16. The van der Waals surface area contributed by atoms with Crippen LogP contribution >= 0.6 is 11.6 Å². The van der Waals surface area contributed by atoms with E-state index < -0.39 is 5.91 Å². The highest BCUT2D eigenvalue weighted by molar-refractivity contribution is 6.30. The molecule has 6 nitrogen and oxygen atoms in total. The predicted molar refractivity (Wildman–Crippen MR) is 130 cm³/mol. The average molecular weight is 455 g/mol. The maximum atomic E-state index is 13.1. The summed E-state index contributed by atoms with van der Waals surface area (Å²) in [6.07, 6.45) is 0. The second-order valence-corrected chi connectivity index (χ2v) is 7.83. The molecule has 0 unspecified atom stereocenters. The molecule has 0 bridgehead atoms. The van der Waals surface area contributed by atoms with Gasteiger partial charge in [-0.3, -0.25) is 4.79 Å². The van der Waals surface area contributed by atoms with Gasteiger partial charge >= 0.3 is 0 Å². The standard InChI is InChI=1S/C26H19ClN4O2/c1-33-23-13-11-22(12-14-23)31-25(19-7-4-8-20(27)15-19)29-24(30-31)26(32)28-21-10-9-17-5-2-3-6-18(17)16-21/h2-16H,1H3,(H,28,32). The van der Waals surface area contributed by atoms with Gasteiger partial charge in [-0.15, -0.1) is 5.10 Å². The lowest BCUT2D eigenvalue weighted by atomic mass is 10.1. The highest BCUT2D eigenvalue weighted by atomic mass is 35.5. The van der Waals surface area contributed by atoms with E-state index in [2.05, 4.69) is 15.4 Å². The summed E-state index contributed by atoms with van der Waals surface area (Å²) in [6, 6.07) is 28.4. The minimum atomic E-state index is -0.402. The number of benzene rings is 4. The van der Waals surface area contributed by atoms with Crippen LogP contribution in [0.4, 0.5) is 5.69 Å². The van der Waals surface area contributed by atoms with Crippen LogP contribution in [0.25, 0.3) is 27.8 Å². The monoisotopic (exact) mass is 454 g/mol. The van der Waals surface area contributed by atoms with Crippen LogP contribution < -0.4 is 10.1 Å². The summed E-state index contributed by atoms with van der Waals surface area (Å²) in [4.78, 5) is 17.6. The minimum Gasteiger partial charge on any atom is -0.497 e. The van der Waals surface area contributed by atoms with E-state index in [0.717, 1.165) is 27.8 Å². The second-order valence-electron chi connectivity index (χ2n) is 7.40. The molecule has 0 saturated carbocycles. The first-order valence-corrected chi connectivity index (χ1v) is 10.7. The van der Waals surface area contributed by atoms with Gasteiger partial charge < -0.3 is 10.1 Å². The summed E-state index contributed by atoms with van der Waals surface area (Å²) in [5.41, 5.74) is 2.16. The molecule has 1 aromatic heterocycles. The zero-order valence-electron chi connectivity index (χ0n) is 17.7. The molecule has 5 aromatic rings. The van der Waals surface area contributed by atoms with Crippen molar-refractivity contribution < 1.29 is 9.53 Å². The summed E-state index contributed by atoms with van der Waals surface area (Å²) in [5.74, 6) is 0.874. The number of anilines is 1. The topological polar surface area (TPSA) is 69.0 Å². The van der Waals surface area contributed by atoms with E-state index in [0.29, 0.717) is 16.5 Å². The molecule has 0 saturated heterocycles. The first-order chi connectivity index (χ1) is 16.1. The van der Waals surface area contributed by atoms with Gasteiger partial charge in [-0.2, -0.15) is 0 Å². The maximum absolute atomic E-state index is 13.1. The summed E-state index contributed by atoms with van der Waals surface area (Å²) < 4.78 is 6.87. The van der Waals surface area contributed by atoms with Crippen molar-refractivity contribution in [3.8, 4) is 22.8 Å². The number of hydrogen-bond donors (Lipinski definition) is 1. The normalized spacial score (nSPS) is 10.8. The third-order valence-corrected chi connectivity index (χ3v) is 5.45. The van der Waals surface area contributed by atoms with E-state index in [1.165, 1.54) is 0 Å². The molecule has 0 radical (unpaired) electrons. The SMILES string of the molecule is COc1ccc(-n2nc(C(=O)Nc3ccc4ccccc4c3)nc2-c2cccc(Cl)c2)cc1. The molecule has 0 spiro atoms. The maximum Gasteiger partial charge on any atom is 0.295 e. The number of ether oxygens (including phenoxy) is 1. The van der Waals surface area contributed by atoms with E-state index in [1.807, 2.05) is 78.9 Å². The number of carbonyl (C=O) groups is 1. The Morgan fingerprint density at radius 3 is 2.45 bits per heavy atom. The number of nitrogens with zero attached hydrogens (tertiary/aromatic N) is 3. The van der Waals surface area contributed by atoms with Gasteiger partial charge in [0.05, 0.1) is 12.8 Å². The lowest BCUT2D eigenvalue weighted by molar-refractivity contribution is 0.101. The van der Waals surface area contributed by atoms with Crippen molar-refractivity contribution in [3.63, 3.8) is 0 Å². The molecule has 4 aromatic carbocycles. The van der Waals surface area contributed by atoms with Gasteiger partial charge in [0.2, 0.25) is 5.82 Å². The van der Waals surface area contributed by atoms with Crippen LogP contribution in [0.15, 0.2) is 91.0 Å². The third-order valence-electron chi connectivity index (χ3n) is 5.22. The van der Waals surface area contributed by atoms with Gasteiger partial charge in [0.25, 0.3) is 5.91 Å². The molecule has 162 valence electrons.